The normalized spacial score (nSPS) is 18.8. The zero-order chi connectivity index (χ0) is 26.5. The summed E-state index contributed by atoms with van der Waals surface area (Å²) in [6.07, 6.45) is 2.91. The lowest BCUT2D eigenvalue weighted by Crippen LogP contribution is -2.45. The molecule has 39 heavy (non-hydrogen) atoms. The molecule has 2 fully saturated rings. The van der Waals surface area contributed by atoms with Crippen LogP contribution in [0.5, 0.6) is 0 Å². The Balaban J connectivity index is 1.21. The maximum Gasteiger partial charge on any atom is 0.232 e. The van der Waals surface area contributed by atoms with Gasteiger partial charge in [0.15, 0.2) is 5.11 Å². The van der Waals surface area contributed by atoms with Crippen molar-refractivity contribution >= 4 is 34.9 Å². The maximum absolute atomic E-state index is 5.77. The van der Waals surface area contributed by atoms with E-state index in [1.165, 1.54) is 16.7 Å². The van der Waals surface area contributed by atoms with Crippen LogP contribution >= 0.6 is 12.2 Å². The fourth-order valence-electron chi connectivity index (χ4n) is 5.80. The number of hydrogen-bond acceptors (Lipinski definition) is 7. The number of nitrogens with zero attached hydrogens (tertiary/aromatic N) is 4. The highest BCUT2D eigenvalue weighted by Gasteiger charge is 2.34. The van der Waals surface area contributed by atoms with Crippen LogP contribution in [0, 0.1) is 0 Å². The molecule has 0 saturated carbocycles. The smallest absolute Gasteiger partial charge is 0.232 e. The van der Waals surface area contributed by atoms with Crippen molar-refractivity contribution in [3.05, 3.63) is 77.4 Å². The molecule has 0 bridgehead atoms. The molecule has 0 aliphatic carbocycles. The molecule has 0 radical (unpaired) electrons. The molecule has 2 N–H and O–H groups in total. The highest BCUT2D eigenvalue weighted by molar-refractivity contribution is 7.80. The van der Waals surface area contributed by atoms with E-state index in [1.54, 1.807) is 0 Å². The minimum atomic E-state index is -0.0197. The Kier molecular flexibility index (Phi) is 7.90. The molecule has 3 aromatic rings. The van der Waals surface area contributed by atoms with Crippen molar-refractivity contribution in [1.82, 2.24) is 15.3 Å². The monoisotopic (exact) mass is 544 g/mol. The van der Waals surface area contributed by atoms with E-state index >= 15 is 0 Å². The van der Waals surface area contributed by atoms with Crippen LogP contribution in [-0.4, -0.2) is 67.7 Å². The van der Waals surface area contributed by atoms with Crippen LogP contribution in [0.1, 0.15) is 29.5 Å². The van der Waals surface area contributed by atoms with E-state index < -0.39 is 0 Å². The molecule has 9 heteroatoms. The summed E-state index contributed by atoms with van der Waals surface area (Å²) in [5, 5.41) is 7.33. The Morgan fingerprint density at radius 3 is 2.26 bits per heavy atom. The van der Waals surface area contributed by atoms with Gasteiger partial charge in [-0.3, -0.25) is 0 Å². The van der Waals surface area contributed by atoms with Gasteiger partial charge in [0.05, 0.1) is 13.2 Å². The zero-order valence-electron chi connectivity index (χ0n) is 22.3. The Morgan fingerprint density at radius 1 is 0.821 bits per heavy atom. The van der Waals surface area contributed by atoms with Crippen LogP contribution < -0.4 is 20.4 Å². The van der Waals surface area contributed by atoms with Gasteiger partial charge in [-0.15, -0.1) is 0 Å². The number of ether oxygens (including phenoxy) is 2. The first kappa shape index (κ1) is 26.0. The summed E-state index contributed by atoms with van der Waals surface area (Å²) in [4.78, 5) is 14.4. The highest BCUT2D eigenvalue weighted by atomic mass is 32.1. The Hall–Kier alpha value is -3.27. The molecule has 2 saturated heterocycles. The molecule has 8 nitrogen and oxygen atoms in total. The first-order chi connectivity index (χ1) is 19.2. The third-order valence-electron chi connectivity index (χ3n) is 8.14. The molecule has 6 rings (SSSR count). The van der Waals surface area contributed by atoms with E-state index in [0.717, 1.165) is 76.8 Å². The Labute approximate surface area is 235 Å². The average Bonchev–Trinajstić information content (AvgIpc) is 3.01. The van der Waals surface area contributed by atoms with Gasteiger partial charge in [-0.1, -0.05) is 54.6 Å². The number of morpholine rings is 1. The van der Waals surface area contributed by atoms with Gasteiger partial charge in [-0.25, -0.2) is 0 Å². The first-order valence-corrected chi connectivity index (χ1v) is 14.3. The lowest BCUT2D eigenvalue weighted by molar-refractivity contribution is 0.0515. The van der Waals surface area contributed by atoms with Gasteiger partial charge < -0.3 is 29.9 Å². The molecule has 1 aromatic heterocycles. The number of hydrogen-bond donors (Lipinski definition) is 2. The van der Waals surface area contributed by atoms with Gasteiger partial charge in [0.2, 0.25) is 5.95 Å². The van der Waals surface area contributed by atoms with Crippen LogP contribution in [0.25, 0.3) is 0 Å². The topological polar surface area (TPSA) is 74.8 Å². The van der Waals surface area contributed by atoms with Gasteiger partial charge >= 0.3 is 0 Å². The van der Waals surface area contributed by atoms with Gasteiger partial charge in [0, 0.05) is 57.4 Å². The summed E-state index contributed by atoms with van der Waals surface area (Å²) >= 11 is 5.77. The Morgan fingerprint density at radius 2 is 1.49 bits per heavy atom. The van der Waals surface area contributed by atoms with Crippen molar-refractivity contribution in [3.8, 4) is 0 Å². The predicted molar refractivity (Wildman–Crippen MR) is 159 cm³/mol. The minimum Gasteiger partial charge on any atom is -0.381 e. The van der Waals surface area contributed by atoms with E-state index in [1.807, 2.05) is 0 Å². The molecule has 3 aliphatic heterocycles. The zero-order valence-corrected chi connectivity index (χ0v) is 23.1. The lowest BCUT2D eigenvalue weighted by atomic mass is 9.74. The fraction of sp³-hybridized carbons (Fsp3) is 0.433. The summed E-state index contributed by atoms with van der Waals surface area (Å²) in [7, 11) is 0. The fourth-order valence-corrected chi connectivity index (χ4v) is 5.97. The van der Waals surface area contributed by atoms with E-state index in [4.69, 9.17) is 31.7 Å². The molecule has 0 atom stereocenters. The highest BCUT2D eigenvalue weighted by Crippen LogP contribution is 2.34. The van der Waals surface area contributed by atoms with Gasteiger partial charge in [-0.05, 0) is 48.2 Å². The van der Waals surface area contributed by atoms with E-state index in [0.29, 0.717) is 24.3 Å². The minimum absolute atomic E-state index is 0.0197. The standard InChI is InChI=1S/C30H36N6O2S/c39-29(31-22-30(11-16-37-17-12-30)25-8-2-1-3-9-25)34-28-32-26(35-14-18-38-19-15-35)20-27(33-28)36-13-10-23-6-4-5-7-24(23)21-36/h1-9,20H,10-19,21-22H2,(H2,31,32,33,34,39). The number of rotatable bonds is 6. The van der Waals surface area contributed by atoms with Crippen molar-refractivity contribution in [1.29, 1.82) is 0 Å². The van der Waals surface area contributed by atoms with Gasteiger partial charge in [0.25, 0.3) is 0 Å². The second kappa shape index (κ2) is 11.9. The third-order valence-corrected chi connectivity index (χ3v) is 8.38. The van der Waals surface area contributed by atoms with Crippen molar-refractivity contribution in [2.45, 2.75) is 31.2 Å². The molecule has 0 amide bonds. The summed E-state index contributed by atoms with van der Waals surface area (Å²) in [5.41, 5.74) is 4.07. The number of fused-ring (bicyclic) bond motifs is 1. The molecule has 204 valence electrons. The van der Waals surface area contributed by atoms with Crippen LogP contribution in [0.4, 0.5) is 17.6 Å². The molecular formula is C30H36N6O2S. The van der Waals surface area contributed by atoms with E-state index in [-0.39, 0.29) is 5.41 Å². The largest absolute Gasteiger partial charge is 0.381 e. The predicted octanol–water partition coefficient (Wildman–Crippen LogP) is 3.91. The summed E-state index contributed by atoms with van der Waals surface area (Å²) in [5.74, 6) is 2.33. The van der Waals surface area contributed by atoms with E-state index in [9.17, 15) is 0 Å². The van der Waals surface area contributed by atoms with Crippen molar-refractivity contribution in [3.63, 3.8) is 0 Å². The van der Waals surface area contributed by atoms with Crippen molar-refractivity contribution in [2.24, 2.45) is 0 Å². The molecule has 0 spiro atoms. The molecular weight excluding hydrogens is 508 g/mol. The van der Waals surface area contributed by atoms with Crippen molar-refractivity contribution < 1.29 is 9.47 Å². The number of aromatic nitrogens is 2. The third kappa shape index (κ3) is 6.00. The van der Waals surface area contributed by atoms with Crippen LogP contribution in [0.3, 0.4) is 0 Å². The second-order valence-corrected chi connectivity index (χ2v) is 10.9. The molecule has 3 aliphatic rings. The molecule has 2 aromatic carbocycles. The van der Waals surface area contributed by atoms with Gasteiger partial charge in [0.1, 0.15) is 11.6 Å². The van der Waals surface area contributed by atoms with Crippen LogP contribution in [-0.2, 0) is 27.9 Å². The van der Waals surface area contributed by atoms with Crippen LogP contribution in [0.2, 0.25) is 0 Å². The lowest BCUT2D eigenvalue weighted by Gasteiger charge is -2.38. The maximum atomic E-state index is 5.77. The number of benzene rings is 2. The van der Waals surface area contributed by atoms with E-state index in [2.05, 4.69) is 81.1 Å². The quantitative estimate of drug-likeness (QED) is 0.449. The summed E-state index contributed by atoms with van der Waals surface area (Å²) in [6, 6.07) is 21.5. The number of nitrogens with one attached hydrogen (secondary N) is 2. The number of anilines is 3. The summed E-state index contributed by atoms with van der Waals surface area (Å²) < 4.78 is 11.3. The first-order valence-electron chi connectivity index (χ1n) is 13.9. The Bertz CT molecular complexity index is 1280. The summed E-state index contributed by atoms with van der Waals surface area (Å²) in [6.45, 7) is 7.00. The second-order valence-electron chi connectivity index (χ2n) is 10.5. The van der Waals surface area contributed by atoms with Crippen LogP contribution in [0.15, 0.2) is 60.7 Å². The SMILES string of the molecule is S=C(NCC1(c2ccccc2)CCOCC1)Nc1nc(N2CCOCC2)cc(N2CCc3ccccc3C2)n1. The molecule has 4 heterocycles. The van der Waals surface area contributed by atoms with Gasteiger partial charge in [-0.2, -0.15) is 9.97 Å². The molecule has 0 unspecified atom stereocenters. The average molecular weight is 545 g/mol. The van der Waals surface area contributed by atoms with Crippen molar-refractivity contribution in [2.75, 3.05) is 67.7 Å². The number of thiocarbonyl (C=S) groups is 1.